The van der Waals surface area contributed by atoms with E-state index >= 15 is 0 Å². The van der Waals surface area contributed by atoms with E-state index in [4.69, 9.17) is 4.74 Å². The highest BCUT2D eigenvalue weighted by Gasteiger charge is 2.36. The molecule has 0 atom stereocenters. The van der Waals surface area contributed by atoms with Gasteiger partial charge < -0.3 is 10.1 Å². The summed E-state index contributed by atoms with van der Waals surface area (Å²) in [6.07, 6.45) is 2.50. The van der Waals surface area contributed by atoms with Gasteiger partial charge >= 0.3 is 0 Å². The van der Waals surface area contributed by atoms with E-state index < -0.39 is 17.1 Å². The maximum atomic E-state index is 12.7. The second-order valence-electron chi connectivity index (χ2n) is 6.57. The first-order valence-corrected chi connectivity index (χ1v) is 10.1. The molecule has 0 saturated carbocycles. The Morgan fingerprint density at radius 1 is 1.17 bits per heavy atom. The van der Waals surface area contributed by atoms with Crippen molar-refractivity contribution in [2.45, 2.75) is 20.3 Å². The fourth-order valence-corrected chi connectivity index (χ4v) is 3.62. The maximum Gasteiger partial charge on any atom is 0.294 e. The van der Waals surface area contributed by atoms with Crippen LogP contribution < -0.4 is 10.1 Å². The smallest absolute Gasteiger partial charge is 0.294 e. The Balaban J connectivity index is 1.71. The zero-order valence-corrected chi connectivity index (χ0v) is 17.1. The van der Waals surface area contributed by atoms with Crippen molar-refractivity contribution in [3.63, 3.8) is 0 Å². The quantitative estimate of drug-likeness (QED) is 0.682. The number of amides is 3. The molecule has 1 heterocycles. The third-order valence-corrected chi connectivity index (χ3v) is 5.05. The van der Waals surface area contributed by atoms with E-state index in [1.165, 1.54) is 0 Å². The van der Waals surface area contributed by atoms with Gasteiger partial charge in [0.1, 0.15) is 12.3 Å². The molecule has 1 aliphatic heterocycles. The molecular formula is C22H22N2O4S. The zero-order valence-electron chi connectivity index (χ0n) is 16.3. The number of carbonyl (C=O) groups is 3. The van der Waals surface area contributed by atoms with Crippen LogP contribution in [-0.2, 0) is 9.59 Å². The Hall–Kier alpha value is -3.06. The molecule has 1 N–H and O–H groups in total. The van der Waals surface area contributed by atoms with Gasteiger partial charge in [0.2, 0.25) is 5.91 Å². The van der Waals surface area contributed by atoms with Crippen molar-refractivity contribution in [3.8, 4) is 5.75 Å². The number of rotatable bonds is 7. The fraction of sp³-hybridized carbons (Fsp3) is 0.227. The van der Waals surface area contributed by atoms with Crippen molar-refractivity contribution < 1.29 is 19.1 Å². The van der Waals surface area contributed by atoms with Crippen molar-refractivity contribution in [1.29, 1.82) is 0 Å². The molecule has 2 aromatic carbocycles. The zero-order chi connectivity index (χ0) is 20.8. The van der Waals surface area contributed by atoms with Gasteiger partial charge in [0.25, 0.3) is 11.1 Å². The minimum absolute atomic E-state index is 0.269. The maximum absolute atomic E-state index is 12.7. The Morgan fingerprint density at radius 3 is 2.72 bits per heavy atom. The van der Waals surface area contributed by atoms with Crippen LogP contribution in [0, 0.1) is 6.92 Å². The second-order valence-corrected chi connectivity index (χ2v) is 7.56. The van der Waals surface area contributed by atoms with Crippen molar-refractivity contribution >= 4 is 40.6 Å². The predicted molar refractivity (Wildman–Crippen MR) is 115 cm³/mol. The number of aryl methyl sites for hydroxylation is 1. The summed E-state index contributed by atoms with van der Waals surface area (Å²) in [6, 6.07) is 14.6. The lowest BCUT2D eigenvalue weighted by molar-refractivity contribution is -0.127. The minimum Gasteiger partial charge on any atom is -0.493 e. The van der Waals surface area contributed by atoms with E-state index in [9.17, 15) is 14.4 Å². The minimum atomic E-state index is -0.482. The summed E-state index contributed by atoms with van der Waals surface area (Å²) in [6.45, 7) is 4.16. The molecule has 29 heavy (non-hydrogen) atoms. The molecule has 0 unspecified atom stereocenters. The first-order chi connectivity index (χ1) is 14.0. The molecule has 6 nitrogen and oxygen atoms in total. The molecule has 0 aliphatic carbocycles. The van der Waals surface area contributed by atoms with E-state index in [0.29, 0.717) is 18.0 Å². The largest absolute Gasteiger partial charge is 0.493 e. The SMILES string of the molecule is CCCOc1ccccc1/C=C1/SC(=O)N(CC(=O)Nc2cccc(C)c2)C1=O. The first kappa shape index (κ1) is 20.7. The summed E-state index contributed by atoms with van der Waals surface area (Å²) >= 11 is 0.823. The van der Waals surface area contributed by atoms with Gasteiger partial charge in [-0.3, -0.25) is 19.3 Å². The Morgan fingerprint density at radius 2 is 1.97 bits per heavy atom. The monoisotopic (exact) mass is 410 g/mol. The number of anilines is 1. The van der Waals surface area contributed by atoms with Gasteiger partial charge in [0.15, 0.2) is 0 Å². The molecule has 0 radical (unpaired) electrons. The molecule has 0 bridgehead atoms. The van der Waals surface area contributed by atoms with E-state index in [1.807, 2.05) is 56.3 Å². The van der Waals surface area contributed by atoms with Crippen LogP contribution in [0.4, 0.5) is 10.5 Å². The lowest BCUT2D eigenvalue weighted by Crippen LogP contribution is -2.36. The van der Waals surface area contributed by atoms with Crippen molar-refractivity contribution in [2.24, 2.45) is 0 Å². The topological polar surface area (TPSA) is 75.7 Å². The first-order valence-electron chi connectivity index (χ1n) is 9.31. The number of nitrogens with zero attached hydrogens (tertiary/aromatic N) is 1. The normalized spacial score (nSPS) is 15.1. The number of hydrogen-bond donors (Lipinski definition) is 1. The molecule has 1 saturated heterocycles. The second kappa shape index (κ2) is 9.43. The standard InChI is InChI=1S/C22H22N2O4S/c1-3-11-28-18-10-5-4-8-16(18)13-19-21(26)24(22(27)29-19)14-20(25)23-17-9-6-7-15(2)12-17/h4-10,12-13H,3,11,14H2,1-2H3,(H,23,25)/b19-13+. The van der Waals surface area contributed by atoms with Gasteiger partial charge in [-0.15, -0.1) is 0 Å². The summed E-state index contributed by atoms with van der Waals surface area (Å²) in [7, 11) is 0. The fourth-order valence-electron chi connectivity index (χ4n) is 2.79. The van der Waals surface area contributed by atoms with Gasteiger partial charge in [-0.2, -0.15) is 0 Å². The molecule has 3 amide bonds. The average Bonchev–Trinajstić information content (AvgIpc) is 2.94. The predicted octanol–water partition coefficient (Wildman–Crippen LogP) is 4.46. The summed E-state index contributed by atoms with van der Waals surface area (Å²) in [5.74, 6) is -0.256. The van der Waals surface area contributed by atoms with Crippen LogP contribution in [0.15, 0.2) is 53.4 Å². The van der Waals surface area contributed by atoms with Gasteiger partial charge in [0.05, 0.1) is 11.5 Å². The van der Waals surface area contributed by atoms with E-state index in [1.54, 1.807) is 12.1 Å². The Kier molecular flexibility index (Phi) is 6.72. The number of ether oxygens (including phenoxy) is 1. The molecule has 0 aromatic heterocycles. The van der Waals surface area contributed by atoms with Gasteiger partial charge in [-0.25, -0.2) is 0 Å². The average molecular weight is 410 g/mol. The van der Waals surface area contributed by atoms with Crippen LogP contribution in [-0.4, -0.2) is 35.1 Å². The van der Waals surface area contributed by atoms with Gasteiger partial charge in [-0.1, -0.05) is 37.3 Å². The molecule has 150 valence electrons. The van der Waals surface area contributed by atoms with E-state index in [0.717, 1.165) is 34.2 Å². The number of thioether (sulfide) groups is 1. The van der Waals surface area contributed by atoms with E-state index in [2.05, 4.69) is 5.32 Å². The Bertz CT molecular complexity index is 971. The van der Waals surface area contributed by atoms with Crippen molar-refractivity contribution in [3.05, 3.63) is 64.6 Å². The summed E-state index contributed by atoms with van der Waals surface area (Å²) in [5, 5.41) is 2.25. The summed E-state index contributed by atoms with van der Waals surface area (Å²) < 4.78 is 5.70. The third kappa shape index (κ3) is 5.26. The van der Waals surface area contributed by atoms with Crippen LogP contribution in [0.2, 0.25) is 0 Å². The highest BCUT2D eigenvalue weighted by atomic mass is 32.2. The molecule has 7 heteroatoms. The highest BCUT2D eigenvalue weighted by Crippen LogP contribution is 2.33. The molecule has 1 fully saturated rings. The molecular weight excluding hydrogens is 388 g/mol. The Labute approximate surface area is 173 Å². The number of benzene rings is 2. The number of imide groups is 1. The van der Waals surface area contributed by atoms with Crippen LogP contribution in [0.1, 0.15) is 24.5 Å². The van der Waals surface area contributed by atoms with Gasteiger partial charge in [-0.05, 0) is 54.9 Å². The lowest BCUT2D eigenvalue weighted by atomic mass is 10.2. The number of para-hydroxylation sites is 1. The number of carbonyl (C=O) groups excluding carboxylic acids is 3. The van der Waals surface area contributed by atoms with E-state index in [-0.39, 0.29) is 11.4 Å². The van der Waals surface area contributed by atoms with Crippen LogP contribution in [0.5, 0.6) is 5.75 Å². The number of nitrogens with one attached hydrogen (secondary N) is 1. The van der Waals surface area contributed by atoms with Gasteiger partial charge in [0, 0.05) is 11.3 Å². The lowest BCUT2D eigenvalue weighted by Gasteiger charge is -2.12. The van der Waals surface area contributed by atoms with Crippen LogP contribution >= 0.6 is 11.8 Å². The molecule has 3 rings (SSSR count). The van der Waals surface area contributed by atoms with Crippen LogP contribution in [0.3, 0.4) is 0 Å². The molecule has 0 spiro atoms. The molecule has 2 aromatic rings. The van der Waals surface area contributed by atoms with Crippen molar-refractivity contribution in [1.82, 2.24) is 4.90 Å². The highest BCUT2D eigenvalue weighted by molar-refractivity contribution is 8.18. The summed E-state index contributed by atoms with van der Waals surface area (Å²) in [4.78, 5) is 38.5. The van der Waals surface area contributed by atoms with Crippen molar-refractivity contribution in [2.75, 3.05) is 18.5 Å². The summed E-state index contributed by atoms with van der Waals surface area (Å²) in [5.41, 5.74) is 2.34. The molecule has 1 aliphatic rings. The number of hydrogen-bond acceptors (Lipinski definition) is 5. The third-order valence-electron chi connectivity index (χ3n) is 4.14. The van der Waals surface area contributed by atoms with Crippen LogP contribution in [0.25, 0.3) is 6.08 Å².